The molecule has 0 saturated heterocycles. The van der Waals surface area contributed by atoms with E-state index in [9.17, 15) is 0 Å². The predicted octanol–water partition coefficient (Wildman–Crippen LogP) is -2.30. The Hall–Kier alpha value is -0.823. The highest BCUT2D eigenvalue weighted by atomic mass is 28.3. The van der Waals surface area contributed by atoms with Crippen molar-refractivity contribution in [1.82, 2.24) is 10.2 Å². The van der Waals surface area contributed by atoms with Crippen LogP contribution in [0.1, 0.15) is 0 Å². The highest BCUT2D eigenvalue weighted by Crippen LogP contribution is 1.80. The molecule has 9 heavy (non-hydrogen) atoms. The van der Waals surface area contributed by atoms with Gasteiger partial charge in [0.2, 0.25) is 0 Å². The monoisotopic (exact) mass is 140 g/mol. The van der Waals surface area contributed by atoms with Crippen LogP contribution in [0.3, 0.4) is 0 Å². The lowest BCUT2D eigenvalue weighted by atomic mass is 11.4. The van der Waals surface area contributed by atoms with Crippen molar-refractivity contribution in [2.75, 3.05) is 0 Å². The van der Waals surface area contributed by atoms with Gasteiger partial charge in [0.25, 0.3) is 0 Å². The Morgan fingerprint density at radius 1 is 1.11 bits per heavy atom. The molecule has 0 aliphatic rings. The Kier molecular flexibility index (Phi) is 2.95. The lowest BCUT2D eigenvalue weighted by molar-refractivity contribution is 0.935. The molecule has 0 aromatic carbocycles. The standard InChI is InChI=1S/C4H8N4Si/c1-3-9(4-2,7-5)8-6/h1-2,7-8H,5-6H2. The zero-order valence-electron chi connectivity index (χ0n) is 4.81. The summed E-state index contributed by atoms with van der Waals surface area (Å²) in [5, 5.41) is 4.59. The minimum atomic E-state index is -2.58. The predicted molar refractivity (Wildman–Crippen MR) is 38.1 cm³/mol. The first-order valence-electron chi connectivity index (χ1n) is 2.15. The molecule has 4 nitrogen and oxygen atoms in total. The quantitative estimate of drug-likeness (QED) is 0.151. The van der Waals surface area contributed by atoms with Gasteiger partial charge >= 0.3 is 8.40 Å². The molecular weight excluding hydrogens is 132 g/mol. The van der Waals surface area contributed by atoms with Crippen molar-refractivity contribution in [3.63, 3.8) is 0 Å². The molecule has 0 aromatic rings. The number of hydrazine groups is 2. The van der Waals surface area contributed by atoms with Gasteiger partial charge in [-0.25, -0.2) is 10.2 Å². The first-order valence-corrected chi connectivity index (χ1v) is 4.15. The SMILES string of the molecule is C#C[Si](C#C)(NN)NN. The summed E-state index contributed by atoms with van der Waals surface area (Å²) in [7, 11) is -2.58. The zero-order chi connectivity index (χ0) is 7.33. The second kappa shape index (κ2) is 3.25. The average molecular weight is 140 g/mol. The van der Waals surface area contributed by atoms with E-state index in [-0.39, 0.29) is 0 Å². The molecule has 0 bridgehead atoms. The molecule has 0 amide bonds. The summed E-state index contributed by atoms with van der Waals surface area (Å²) in [6, 6.07) is 0. The van der Waals surface area contributed by atoms with Crippen LogP contribution in [0.5, 0.6) is 0 Å². The molecule has 0 aliphatic carbocycles. The lowest BCUT2D eigenvalue weighted by Gasteiger charge is -2.14. The molecule has 0 rings (SSSR count). The van der Waals surface area contributed by atoms with Gasteiger partial charge in [-0.15, -0.1) is 12.8 Å². The van der Waals surface area contributed by atoms with Gasteiger partial charge in [0.15, 0.2) is 0 Å². The average Bonchev–Trinajstić information content (AvgIpc) is 1.95. The van der Waals surface area contributed by atoms with E-state index in [1.54, 1.807) is 0 Å². The zero-order valence-corrected chi connectivity index (χ0v) is 5.81. The van der Waals surface area contributed by atoms with Crippen molar-refractivity contribution in [2.45, 2.75) is 0 Å². The summed E-state index contributed by atoms with van der Waals surface area (Å²) in [4.78, 5) is 0. The molecule has 0 fully saturated rings. The van der Waals surface area contributed by atoms with Crippen LogP contribution in [-0.2, 0) is 0 Å². The number of nitrogens with two attached hydrogens (primary N) is 2. The normalized spacial score (nSPS) is 9.78. The van der Waals surface area contributed by atoms with E-state index >= 15 is 0 Å². The Balaban J connectivity index is 4.28. The largest absolute Gasteiger partial charge is 0.392 e. The minimum Gasteiger partial charge on any atom is -0.275 e. The molecular formula is C4H8N4Si. The molecule has 0 spiro atoms. The first kappa shape index (κ1) is 8.18. The van der Waals surface area contributed by atoms with Crippen LogP contribution in [0.25, 0.3) is 0 Å². The highest BCUT2D eigenvalue weighted by Gasteiger charge is 2.26. The van der Waals surface area contributed by atoms with Crippen molar-refractivity contribution < 1.29 is 0 Å². The molecule has 0 heterocycles. The van der Waals surface area contributed by atoms with E-state index in [1.807, 2.05) is 0 Å². The molecule has 0 aliphatic heterocycles. The third kappa shape index (κ3) is 1.54. The van der Waals surface area contributed by atoms with Crippen molar-refractivity contribution in [3.05, 3.63) is 0 Å². The molecule has 0 unspecified atom stereocenters. The van der Waals surface area contributed by atoms with E-state index in [4.69, 9.17) is 24.5 Å². The van der Waals surface area contributed by atoms with Crippen LogP contribution in [-0.4, -0.2) is 8.40 Å². The van der Waals surface area contributed by atoms with Crippen molar-refractivity contribution in [1.29, 1.82) is 0 Å². The van der Waals surface area contributed by atoms with E-state index in [0.29, 0.717) is 0 Å². The van der Waals surface area contributed by atoms with Crippen LogP contribution in [0.15, 0.2) is 0 Å². The van der Waals surface area contributed by atoms with E-state index in [2.05, 4.69) is 21.3 Å². The maximum atomic E-state index is 5.02. The number of nitrogens with one attached hydrogen (secondary N) is 2. The van der Waals surface area contributed by atoms with Crippen LogP contribution in [0, 0.1) is 23.9 Å². The summed E-state index contributed by atoms with van der Waals surface area (Å²) in [5.41, 5.74) is 4.59. The molecule has 5 heteroatoms. The number of rotatable bonds is 2. The van der Waals surface area contributed by atoms with E-state index in [0.717, 1.165) is 0 Å². The number of terminal acetylenes is 2. The molecule has 0 atom stereocenters. The Morgan fingerprint density at radius 3 is 1.44 bits per heavy atom. The second-order valence-electron chi connectivity index (χ2n) is 1.33. The van der Waals surface area contributed by atoms with Gasteiger partial charge in [0.05, 0.1) is 0 Å². The summed E-state index contributed by atoms with van der Waals surface area (Å²) in [6.45, 7) is 0. The molecule has 48 valence electrons. The number of hydrogen-bond donors (Lipinski definition) is 4. The van der Waals surface area contributed by atoms with Gasteiger partial charge < -0.3 is 0 Å². The van der Waals surface area contributed by atoms with Crippen molar-refractivity contribution in [2.24, 2.45) is 11.7 Å². The summed E-state index contributed by atoms with van der Waals surface area (Å²) in [5.74, 6) is 10.0. The maximum absolute atomic E-state index is 5.02. The smallest absolute Gasteiger partial charge is 0.275 e. The van der Waals surface area contributed by atoms with Gasteiger partial charge in [-0.1, -0.05) is 11.1 Å². The van der Waals surface area contributed by atoms with Crippen LogP contribution >= 0.6 is 0 Å². The third-order valence-corrected chi connectivity index (χ3v) is 2.60. The Bertz CT molecular complexity index is 144. The van der Waals surface area contributed by atoms with Crippen LogP contribution in [0.4, 0.5) is 0 Å². The Morgan fingerprint density at radius 2 is 1.44 bits per heavy atom. The van der Waals surface area contributed by atoms with Gasteiger partial charge in [0, 0.05) is 0 Å². The van der Waals surface area contributed by atoms with Crippen LogP contribution in [0.2, 0.25) is 0 Å². The highest BCUT2D eigenvalue weighted by molar-refractivity contribution is 6.89. The second-order valence-corrected chi connectivity index (χ2v) is 3.98. The summed E-state index contributed by atoms with van der Waals surface area (Å²) >= 11 is 0. The van der Waals surface area contributed by atoms with Gasteiger partial charge in [-0.05, 0) is 0 Å². The Labute approximate surface area is 55.1 Å². The van der Waals surface area contributed by atoms with Crippen molar-refractivity contribution >= 4 is 8.40 Å². The van der Waals surface area contributed by atoms with Crippen LogP contribution < -0.4 is 21.9 Å². The van der Waals surface area contributed by atoms with Crippen molar-refractivity contribution in [3.8, 4) is 23.9 Å². The minimum absolute atomic E-state index is 2.30. The fourth-order valence-corrected chi connectivity index (χ4v) is 0.750. The fourth-order valence-electron chi connectivity index (χ4n) is 0.250. The maximum Gasteiger partial charge on any atom is 0.392 e. The van der Waals surface area contributed by atoms with Gasteiger partial charge in [-0.3, -0.25) is 11.7 Å². The molecule has 0 radical (unpaired) electrons. The summed E-state index contributed by atoms with van der Waals surface area (Å²) in [6.07, 6.45) is 10.0. The van der Waals surface area contributed by atoms with E-state index in [1.165, 1.54) is 0 Å². The first-order chi connectivity index (χ1) is 4.24. The van der Waals surface area contributed by atoms with E-state index < -0.39 is 8.40 Å². The molecule has 0 saturated carbocycles. The number of hydrogen-bond acceptors (Lipinski definition) is 4. The fraction of sp³-hybridized carbons (Fsp3) is 0. The van der Waals surface area contributed by atoms with Gasteiger partial charge in [0.1, 0.15) is 0 Å². The molecule has 6 N–H and O–H groups in total. The topological polar surface area (TPSA) is 76.1 Å². The van der Waals surface area contributed by atoms with Gasteiger partial charge in [-0.2, -0.15) is 0 Å². The lowest BCUT2D eigenvalue weighted by Crippen LogP contribution is -2.66. The summed E-state index contributed by atoms with van der Waals surface area (Å²) < 4.78 is 0. The molecule has 0 aromatic heterocycles. The third-order valence-electron chi connectivity index (χ3n) is 0.866.